The van der Waals surface area contributed by atoms with Gasteiger partial charge in [-0.25, -0.2) is 4.79 Å². The Morgan fingerprint density at radius 1 is 1.44 bits per heavy atom. The van der Waals surface area contributed by atoms with Crippen LogP contribution in [0.5, 0.6) is 0 Å². The van der Waals surface area contributed by atoms with E-state index < -0.39 is 0 Å². The van der Waals surface area contributed by atoms with Crippen LogP contribution in [-0.4, -0.2) is 13.7 Å². The molecule has 1 aliphatic carbocycles. The van der Waals surface area contributed by atoms with Crippen LogP contribution in [0.15, 0.2) is 33.5 Å². The van der Waals surface area contributed by atoms with Gasteiger partial charge >= 0.3 is 5.63 Å². The van der Waals surface area contributed by atoms with Crippen molar-refractivity contribution in [2.45, 2.75) is 12.8 Å². The Balaban J connectivity index is 2.44. The molecule has 0 aromatic carbocycles. The summed E-state index contributed by atoms with van der Waals surface area (Å²) < 4.78 is 10.2. The van der Waals surface area contributed by atoms with Crippen molar-refractivity contribution in [3.05, 3.63) is 51.6 Å². The van der Waals surface area contributed by atoms with E-state index in [1.54, 1.807) is 13.2 Å². The molecule has 0 N–H and O–H groups in total. The van der Waals surface area contributed by atoms with Crippen molar-refractivity contribution >= 4 is 6.08 Å². The maximum absolute atomic E-state index is 11.4. The molecule has 0 radical (unpaired) electrons. The summed E-state index contributed by atoms with van der Waals surface area (Å²) in [4.78, 5) is 11.4. The lowest BCUT2D eigenvalue weighted by atomic mass is 10.0. The third-order valence-electron chi connectivity index (χ3n) is 2.58. The van der Waals surface area contributed by atoms with Gasteiger partial charge in [0.2, 0.25) is 0 Å². The molecule has 0 bridgehead atoms. The standard InChI is InChI=1S/C13H14O3/c1-15-8-7-10-9-13(14)16-12-6-4-2-3-5-11(10)12/h2-4,6,9H,5,7-8H2,1H3. The predicted octanol–water partition coefficient (Wildman–Crippen LogP) is 1.95. The second kappa shape index (κ2) is 4.94. The first-order valence-corrected chi connectivity index (χ1v) is 5.29. The van der Waals surface area contributed by atoms with Gasteiger partial charge in [-0.05, 0) is 24.5 Å². The van der Waals surface area contributed by atoms with E-state index in [0.717, 1.165) is 24.0 Å². The zero-order chi connectivity index (χ0) is 11.4. The van der Waals surface area contributed by atoms with Gasteiger partial charge in [0.15, 0.2) is 0 Å². The molecule has 0 atom stereocenters. The monoisotopic (exact) mass is 218 g/mol. The zero-order valence-corrected chi connectivity index (χ0v) is 9.23. The van der Waals surface area contributed by atoms with Gasteiger partial charge in [-0.2, -0.15) is 0 Å². The second-order valence-electron chi connectivity index (χ2n) is 3.67. The summed E-state index contributed by atoms with van der Waals surface area (Å²) in [6.45, 7) is 0.614. The van der Waals surface area contributed by atoms with E-state index in [9.17, 15) is 4.79 Å². The average molecular weight is 218 g/mol. The predicted molar refractivity (Wildman–Crippen MR) is 62.4 cm³/mol. The van der Waals surface area contributed by atoms with Crippen molar-refractivity contribution in [1.82, 2.24) is 0 Å². The summed E-state index contributed by atoms with van der Waals surface area (Å²) in [5.41, 5.74) is 1.81. The molecule has 84 valence electrons. The average Bonchev–Trinajstić information content (AvgIpc) is 2.50. The molecule has 0 saturated carbocycles. The van der Waals surface area contributed by atoms with Gasteiger partial charge in [-0.1, -0.05) is 18.2 Å². The molecule has 0 fully saturated rings. The molecule has 2 rings (SSSR count). The first-order chi connectivity index (χ1) is 7.81. The number of fused-ring (bicyclic) bond motifs is 1. The van der Waals surface area contributed by atoms with Crippen LogP contribution >= 0.6 is 0 Å². The van der Waals surface area contributed by atoms with Crippen LogP contribution < -0.4 is 5.63 Å². The van der Waals surface area contributed by atoms with Gasteiger partial charge in [0.25, 0.3) is 0 Å². The second-order valence-corrected chi connectivity index (χ2v) is 3.67. The molecule has 1 aromatic heterocycles. The molecule has 0 aliphatic heterocycles. The Bertz CT molecular complexity index is 480. The van der Waals surface area contributed by atoms with Gasteiger partial charge in [0.1, 0.15) is 5.76 Å². The van der Waals surface area contributed by atoms with Gasteiger partial charge in [0.05, 0.1) is 6.61 Å². The lowest BCUT2D eigenvalue weighted by Gasteiger charge is -2.08. The van der Waals surface area contributed by atoms with E-state index in [4.69, 9.17) is 9.15 Å². The normalized spacial score (nSPS) is 13.6. The fraction of sp³-hybridized carbons (Fsp3) is 0.308. The molecular weight excluding hydrogens is 204 g/mol. The van der Waals surface area contributed by atoms with Gasteiger partial charge in [0, 0.05) is 18.7 Å². The summed E-state index contributed by atoms with van der Waals surface area (Å²) in [6, 6.07) is 1.56. The van der Waals surface area contributed by atoms with Crippen LogP contribution in [0.1, 0.15) is 16.9 Å². The number of allylic oxidation sites excluding steroid dienone is 3. The summed E-state index contributed by atoms with van der Waals surface area (Å²) in [7, 11) is 1.66. The van der Waals surface area contributed by atoms with Crippen LogP contribution in [0.3, 0.4) is 0 Å². The Labute approximate surface area is 94.0 Å². The highest BCUT2D eigenvalue weighted by molar-refractivity contribution is 5.53. The minimum absolute atomic E-state index is 0.295. The summed E-state index contributed by atoms with van der Waals surface area (Å²) in [5.74, 6) is 0.670. The Kier molecular flexibility index (Phi) is 3.37. The highest BCUT2D eigenvalue weighted by Crippen LogP contribution is 2.18. The summed E-state index contributed by atoms with van der Waals surface area (Å²) in [5, 5.41) is 0. The summed E-state index contributed by atoms with van der Waals surface area (Å²) >= 11 is 0. The molecule has 3 heteroatoms. The molecular formula is C13H14O3. The van der Waals surface area contributed by atoms with Crippen molar-refractivity contribution < 1.29 is 9.15 Å². The van der Waals surface area contributed by atoms with Crippen LogP contribution in [0.25, 0.3) is 6.08 Å². The summed E-state index contributed by atoms with van der Waals surface area (Å²) in [6.07, 6.45) is 9.27. The van der Waals surface area contributed by atoms with Gasteiger partial charge in [-0.3, -0.25) is 0 Å². The van der Waals surface area contributed by atoms with Crippen LogP contribution in [0.4, 0.5) is 0 Å². The molecule has 1 aliphatic rings. The van der Waals surface area contributed by atoms with Gasteiger partial charge in [-0.15, -0.1) is 0 Å². The Morgan fingerprint density at radius 3 is 3.12 bits per heavy atom. The third kappa shape index (κ3) is 2.31. The van der Waals surface area contributed by atoms with Crippen molar-refractivity contribution in [2.75, 3.05) is 13.7 Å². The Morgan fingerprint density at radius 2 is 2.31 bits per heavy atom. The number of ether oxygens (including phenoxy) is 1. The molecule has 3 nitrogen and oxygen atoms in total. The number of hydrogen-bond acceptors (Lipinski definition) is 3. The minimum Gasteiger partial charge on any atom is -0.423 e. The molecule has 0 amide bonds. The maximum atomic E-state index is 11.4. The maximum Gasteiger partial charge on any atom is 0.336 e. The molecule has 1 aromatic rings. The quantitative estimate of drug-likeness (QED) is 0.778. The van der Waals surface area contributed by atoms with E-state index in [-0.39, 0.29) is 5.63 Å². The first-order valence-electron chi connectivity index (χ1n) is 5.29. The number of methoxy groups -OCH3 is 1. The van der Waals surface area contributed by atoms with E-state index in [1.807, 2.05) is 18.2 Å². The topological polar surface area (TPSA) is 39.4 Å². The first kappa shape index (κ1) is 10.9. The highest BCUT2D eigenvalue weighted by Gasteiger charge is 2.10. The van der Waals surface area contributed by atoms with Crippen molar-refractivity contribution in [1.29, 1.82) is 0 Å². The van der Waals surface area contributed by atoms with Crippen molar-refractivity contribution in [2.24, 2.45) is 0 Å². The van der Waals surface area contributed by atoms with Crippen LogP contribution in [0, 0.1) is 0 Å². The van der Waals surface area contributed by atoms with Crippen LogP contribution in [0.2, 0.25) is 0 Å². The van der Waals surface area contributed by atoms with Crippen LogP contribution in [-0.2, 0) is 17.6 Å². The molecule has 16 heavy (non-hydrogen) atoms. The van der Waals surface area contributed by atoms with E-state index in [0.29, 0.717) is 12.4 Å². The minimum atomic E-state index is -0.295. The van der Waals surface area contributed by atoms with E-state index in [2.05, 4.69) is 6.08 Å². The largest absolute Gasteiger partial charge is 0.423 e. The van der Waals surface area contributed by atoms with Crippen molar-refractivity contribution in [3.63, 3.8) is 0 Å². The lowest BCUT2D eigenvalue weighted by molar-refractivity contribution is 0.202. The molecule has 0 spiro atoms. The number of rotatable bonds is 3. The lowest BCUT2D eigenvalue weighted by Crippen LogP contribution is -2.08. The highest BCUT2D eigenvalue weighted by atomic mass is 16.5. The smallest absolute Gasteiger partial charge is 0.336 e. The molecule has 0 saturated heterocycles. The fourth-order valence-corrected chi connectivity index (χ4v) is 1.80. The van der Waals surface area contributed by atoms with E-state index in [1.165, 1.54) is 0 Å². The van der Waals surface area contributed by atoms with Crippen molar-refractivity contribution in [3.8, 4) is 0 Å². The number of hydrogen-bond donors (Lipinski definition) is 0. The molecule has 0 unspecified atom stereocenters. The zero-order valence-electron chi connectivity index (χ0n) is 9.23. The van der Waals surface area contributed by atoms with Gasteiger partial charge < -0.3 is 9.15 Å². The van der Waals surface area contributed by atoms with E-state index >= 15 is 0 Å². The third-order valence-corrected chi connectivity index (χ3v) is 2.58. The molecule has 1 heterocycles. The fourth-order valence-electron chi connectivity index (χ4n) is 1.80. The Hall–Kier alpha value is -1.61. The SMILES string of the molecule is COCCc1cc(=O)oc2c1CC=CC=C2.